The van der Waals surface area contributed by atoms with Gasteiger partial charge in [0.2, 0.25) is 0 Å². The minimum absolute atomic E-state index is 0.803. The Morgan fingerprint density at radius 3 is 2.84 bits per heavy atom. The van der Waals surface area contributed by atoms with Crippen molar-refractivity contribution in [2.45, 2.75) is 6.92 Å². The van der Waals surface area contributed by atoms with Crippen LogP contribution in [0.4, 0.5) is 11.5 Å². The van der Waals surface area contributed by atoms with Gasteiger partial charge >= 0.3 is 0 Å². The van der Waals surface area contributed by atoms with Gasteiger partial charge in [0, 0.05) is 11.6 Å². The van der Waals surface area contributed by atoms with Crippen LogP contribution in [0.3, 0.4) is 0 Å². The van der Waals surface area contributed by atoms with Crippen molar-refractivity contribution in [3.8, 4) is 0 Å². The number of nitrogens with zero attached hydrogens (tertiary/aromatic N) is 2. The van der Waals surface area contributed by atoms with Gasteiger partial charge in [-0.1, -0.05) is 18.2 Å². The number of fused-ring (bicyclic) bond motifs is 1. The first-order valence-corrected chi connectivity index (χ1v) is 6.76. The number of halogens is 1. The molecule has 1 N–H and O–H groups in total. The number of benzene rings is 1. The second-order valence-corrected chi connectivity index (χ2v) is 5.13. The quantitative estimate of drug-likeness (QED) is 0.759. The number of hydrogen-bond acceptors (Lipinski definition) is 3. The minimum Gasteiger partial charge on any atom is -0.338 e. The smallest absolute Gasteiger partial charge is 0.144 e. The van der Waals surface area contributed by atoms with E-state index in [1.807, 2.05) is 43.5 Å². The van der Waals surface area contributed by atoms with Crippen LogP contribution in [0.15, 0.2) is 53.3 Å². The number of aryl methyl sites for hydroxylation is 1. The lowest BCUT2D eigenvalue weighted by Crippen LogP contribution is -1.96. The Kier molecular flexibility index (Phi) is 3.17. The highest BCUT2D eigenvalue weighted by Crippen LogP contribution is 2.27. The summed E-state index contributed by atoms with van der Waals surface area (Å²) in [4.78, 5) is 8.75. The molecule has 2 heterocycles. The molecule has 3 nitrogen and oxygen atoms in total. The second-order valence-electron chi connectivity index (χ2n) is 4.33. The van der Waals surface area contributed by atoms with E-state index in [9.17, 15) is 0 Å². The Labute approximate surface area is 119 Å². The van der Waals surface area contributed by atoms with Gasteiger partial charge in [-0.3, -0.25) is 4.98 Å². The van der Waals surface area contributed by atoms with Gasteiger partial charge in [0.15, 0.2) is 0 Å². The number of nitrogens with one attached hydrogen (secondary N) is 1. The molecule has 1 aromatic carbocycles. The third-order valence-corrected chi connectivity index (χ3v) is 3.94. The predicted molar refractivity (Wildman–Crippen MR) is 81.7 cm³/mol. The fraction of sp³-hybridized carbons (Fsp3) is 0.0667. The van der Waals surface area contributed by atoms with Gasteiger partial charge in [-0.15, -0.1) is 0 Å². The lowest BCUT2D eigenvalue weighted by Gasteiger charge is -2.09. The van der Waals surface area contributed by atoms with E-state index in [4.69, 9.17) is 0 Å². The van der Waals surface area contributed by atoms with Gasteiger partial charge in [-0.25, -0.2) is 4.98 Å². The molecule has 0 aliphatic carbocycles. The first-order chi connectivity index (χ1) is 9.24. The molecule has 0 aliphatic rings. The summed E-state index contributed by atoms with van der Waals surface area (Å²) in [5, 5.41) is 4.39. The molecule has 0 spiro atoms. The molecule has 19 heavy (non-hydrogen) atoms. The zero-order valence-electron chi connectivity index (χ0n) is 10.4. The lowest BCUT2D eigenvalue weighted by atomic mass is 10.2. The molecule has 0 radical (unpaired) electrons. The zero-order valence-corrected chi connectivity index (χ0v) is 12.0. The number of para-hydroxylation sites is 1. The van der Waals surface area contributed by atoms with Gasteiger partial charge in [-0.05, 0) is 46.6 Å². The monoisotopic (exact) mass is 313 g/mol. The van der Waals surface area contributed by atoms with Crippen molar-refractivity contribution in [1.82, 2.24) is 9.97 Å². The summed E-state index contributed by atoms with van der Waals surface area (Å²) in [6, 6.07) is 12.1. The van der Waals surface area contributed by atoms with Gasteiger partial charge < -0.3 is 5.32 Å². The molecule has 0 saturated carbocycles. The van der Waals surface area contributed by atoms with Crippen molar-refractivity contribution < 1.29 is 0 Å². The standard InChI is InChI=1S/C15H12BrN3/c1-10-6-7-17-15(14(10)16)19-12-8-11-4-2-3-5-13(11)18-9-12/h2-9H,1H3,(H,17,19). The SMILES string of the molecule is Cc1ccnc(Nc2cnc3ccccc3c2)c1Br. The van der Waals surface area contributed by atoms with Crippen LogP contribution in [0, 0.1) is 6.92 Å². The van der Waals surface area contributed by atoms with E-state index >= 15 is 0 Å². The fourth-order valence-corrected chi connectivity index (χ4v) is 2.24. The Morgan fingerprint density at radius 1 is 1.11 bits per heavy atom. The minimum atomic E-state index is 0.803. The highest BCUT2D eigenvalue weighted by Gasteiger charge is 2.05. The van der Waals surface area contributed by atoms with E-state index in [1.165, 1.54) is 0 Å². The Hall–Kier alpha value is -1.94. The number of pyridine rings is 2. The van der Waals surface area contributed by atoms with Gasteiger partial charge in [0.25, 0.3) is 0 Å². The van der Waals surface area contributed by atoms with Crippen LogP contribution in [0.25, 0.3) is 10.9 Å². The molecule has 0 saturated heterocycles. The summed E-state index contributed by atoms with van der Waals surface area (Å²) in [5.74, 6) is 0.803. The first-order valence-electron chi connectivity index (χ1n) is 5.97. The number of hydrogen-bond donors (Lipinski definition) is 1. The van der Waals surface area contributed by atoms with Crippen molar-refractivity contribution in [3.05, 3.63) is 58.8 Å². The summed E-state index contributed by atoms with van der Waals surface area (Å²) in [5.41, 5.74) is 3.06. The highest BCUT2D eigenvalue weighted by molar-refractivity contribution is 9.10. The molecule has 0 bridgehead atoms. The Balaban J connectivity index is 1.99. The van der Waals surface area contributed by atoms with Crippen LogP contribution < -0.4 is 5.32 Å². The average molecular weight is 314 g/mol. The third-order valence-electron chi connectivity index (χ3n) is 2.94. The lowest BCUT2D eigenvalue weighted by molar-refractivity contribution is 1.24. The van der Waals surface area contributed by atoms with Crippen molar-refractivity contribution in [3.63, 3.8) is 0 Å². The van der Waals surface area contributed by atoms with Gasteiger partial charge in [0.05, 0.1) is 21.9 Å². The molecular weight excluding hydrogens is 302 g/mol. The molecule has 2 aromatic heterocycles. The zero-order chi connectivity index (χ0) is 13.2. The van der Waals surface area contributed by atoms with Crippen molar-refractivity contribution >= 4 is 38.3 Å². The summed E-state index contributed by atoms with van der Waals surface area (Å²) >= 11 is 3.54. The number of anilines is 2. The van der Waals surface area contributed by atoms with Crippen LogP contribution in [-0.4, -0.2) is 9.97 Å². The topological polar surface area (TPSA) is 37.8 Å². The highest BCUT2D eigenvalue weighted by atomic mass is 79.9. The fourth-order valence-electron chi connectivity index (χ4n) is 1.90. The van der Waals surface area contributed by atoms with Crippen molar-refractivity contribution in [1.29, 1.82) is 0 Å². The maximum absolute atomic E-state index is 4.42. The molecule has 3 rings (SSSR count). The van der Waals surface area contributed by atoms with Crippen molar-refractivity contribution in [2.75, 3.05) is 5.32 Å². The first kappa shape index (κ1) is 12.1. The Bertz CT molecular complexity index is 740. The van der Waals surface area contributed by atoms with Crippen molar-refractivity contribution in [2.24, 2.45) is 0 Å². The maximum atomic E-state index is 4.42. The van der Waals surface area contributed by atoms with Crippen LogP contribution >= 0.6 is 15.9 Å². The maximum Gasteiger partial charge on any atom is 0.144 e. The van der Waals surface area contributed by atoms with E-state index in [0.717, 1.165) is 32.4 Å². The average Bonchev–Trinajstić information content (AvgIpc) is 2.44. The normalized spacial score (nSPS) is 10.6. The van der Waals surface area contributed by atoms with Gasteiger partial charge in [-0.2, -0.15) is 0 Å². The van der Waals surface area contributed by atoms with Crippen LogP contribution in [0.5, 0.6) is 0 Å². The number of rotatable bonds is 2. The molecule has 0 amide bonds. The van der Waals surface area contributed by atoms with Crippen LogP contribution in [0.1, 0.15) is 5.56 Å². The molecule has 4 heteroatoms. The van der Waals surface area contributed by atoms with Crippen LogP contribution in [-0.2, 0) is 0 Å². The van der Waals surface area contributed by atoms with E-state index in [0.29, 0.717) is 0 Å². The summed E-state index contributed by atoms with van der Waals surface area (Å²) < 4.78 is 0.975. The summed E-state index contributed by atoms with van der Waals surface area (Å²) in [7, 11) is 0. The van der Waals surface area contributed by atoms with E-state index in [1.54, 1.807) is 6.20 Å². The number of aromatic nitrogens is 2. The predicted octanol–water partition coefficient (Wildman–Crippen LogP) is 4.44. The molecular formula is C15H12BrN3. The largest absolute Gasteiger partial charge is 0.338 e. The molecule has 94 valence electrons. The molecule has 3 aromatic rings. The summed E-state index contributed by atoms with van der Waals surface area (Å²) in [6.07, 6.45) is 3.61. The van der Waals surface area contributed by atoms with E-state index in [-0.39, 0.29) is 0 Å². The molecule has 0 fully saturated rings. The molecule has 0 aliphatic heterocycles. The van der Waals surface area contributed by atoms with E-state index in [2.05, 4.69) is 37.3 Å². The molecule has 0 unspecified atom stereocenters. The van der Waals surface area contributed by atoms with Gasteiger partial charge in [0.1, 0.15) is 5.82 Å². The third kappa shape index (κ3) is 2.44. The molecule has 0 atom stereocenters. The summed E-state index contributed by atoms with van der Waals surface area (Å²) in [6.45, 7) is 2.04. The second kappa shape index (κ2) is 4.97. The van der Waals surface area contributed by atoms with E-state index < -0.39 is 0 Å². The Morgan fingerprint density at radius 2 is 1.95 bits per heavy atom. The van der Waals surface area contributed by atoms with Crippen LogP contribution in [0.2, 0.25) is 0 Å².